The van der Waals surface area contributed by atoms with Gasteiger partial charge in [0.25, 0.3) is 0 Å². The van der Waals surface area contributed by atoms with Gasteiger partial charge in [0.15, 0.2) is 0 Å². The number of ether oxygens (including phenoxy) is 2. The Hall–Kier alpha value is -1.72. The number of hydrogen-bond acceptors (Lipinski definition) is 4. The number of nitrogens with one attached hydrogen (secondary N) is 1. The van der Waals surface area contributed by atoms with Gasteiger partial charge in [-0.05, 0) is 37.6 Å². The second kappa shape index (κ2) is 6.37. The number of carbonyl (C=O) groups is 1. The predicted molar refractivity (Wildman–Crippen MR) is 84.8 cm³/mol. The number of carbonyl (C=O) groups excluding carboxylic acids is 1. The second-order valence-corrected chi connectivity index (χ2v) is 5.35. The van der Waals surface area contributed by atoms with Gasteiger partial charge < -0.3 is 20.2 Å². The quantitative estimate of drug-likeness (QED) is 0.851. The van der Waals surface area contributed by atoms with E-state index in [4.69, 9.17) is 15.2 Å². The van der Waals surface area contributed by atoms with Crippen LogP contribution in [0.4, 0.5) is 0 Å². The highest BCUT2D eigenvalue weighted by molar-refractivity contribution is 5.86. The molecule has 5 nitrogen and oxygen atoms in total. The van der Waals surface area contributed by atoms with Gasteiger partial charge in [-0.15, -0.1) is 12.4 Å². The molecule has 0 aliphatic rings. The number of halogens is 1. The van der Waals surface area contributed by atoms with Crippen molar-refractivity contribution in [2.24, 2.45) is 11.1 Å². The first-order chi connectivity index (χ1) is 9.41. The van der Waals surface area contributed by atoms with E-state index < -0.39 is 11.5 Å². The van der Waals surface area contributed by atoms with Crippen LogP contribution in [0, 0.1) is 5.41 Å². The molecule has 2 aromatic rings. The third-order valence-corrected chi connectivity index (χ3v) is 3.74. The average Bonchev–Trinajstić information content (AvgIpc) is 2.87. The summed E-state index contributed by atoms with van der Waals surface area (Å²) < 4.78 is 10.1. The number of nitrogens with two attached hydrogens (primary N) is 1. The molecular weight excluding hydrogens is 292 g/mol. The molecule has 0 aliphatic carbocycles. The Kier molecular flexibility index (Phi) is 5.25. The number of benzene rings is 1. The lowest BCUT2D eigenvalue weighted by Gasteiger charge is -2.28. The molecule has 0 aliphatic heterocycles. The Morgan fingerprint density at radius 3 is 2.57 bits per heavy atom. The van der Waals surface area contributed by atoms with E-state index in [-0.39, 0.29) is 18.4 Å². The molecule has 1 aromatic heterocycles. The molecular formula is C15H21ClN2O3. The number of H-pyrrole nitrogens is 1. The highest BCUT2D eigenvalue weighted by atomic mass is 35.5. The van der Waals surface area contributed by atoms with Gasteiger partial charge in [-0.1, -0.05) is 0 Å². The molecule has 0 saturated carbocycles. The normalized spacial score (nSPS) is 12.6. The first-order valence-corrected chi connectivity index (χ1v) is 6.40. The molecule has 2 rings (SSSR count). The minimum atomic E-state index is -0.813. The summed E-state index contributed by atoms with van der Waals surface area (Å²) in [5, 5.41) is 0.953. The molecule has 1 atom stereocenters. The van der Waals surface area contributed by atoms with Crippen LogP contribution in [0.1, 0.15) is 25.5 Å². The summed E-state index contributed by atoms with van der Waals surface area (Å²) in [6, 6.07) is 5.24. The van der Waals surface area contributed by atoms with Crippen molar-refractivity contribution < 1.29 is 14.3 Å². The van der Waals surface area contributed by atoms with E-state index in [0.29, 0.717) is 0 Å². The first-order valence-electron chi connectivity index (χ1n) is 6.40. The van der Waals surface area contributed by atoms with Crippen LogP contribution < -0.4 is 10.5 Å². The second-order valence-electron chi connectivity index (χ2n) is 5.35. The molecule has 0 radical (unpaired) electrons. The van der Waals surface area contributed by atoms with E-state index in [1.54, 1.807) is 21.0 Å². The van der Waals surface area contributed by atoms with E-state index >= 15 is 0 Å². The molecule has 0 saturated heterocycles. The third-order valence-electron chi connectivity index (χ3n) is 3.74. The summed E-state index contributed by atoms with van der Waals surface area (Å²) in [6.45, 7) is 3.56. The zero-order chi connectivity index (χ0) is 14.9. The molecule has 6 heteroatoms. The summed E-state index contributed by atoms with van der Waals surface area (Å²) in [7, 11) is 2.99. The topological polar surface area (TPSA) is 77.3 Å². The lowest BCUT2D eigenvalue weighted by molar-refractivity contribution is -0.152. The highest BCUT2D eigenvalue weighted by Gasteiger charge is 2.37. The standard InChI is InChI=1S/C15H20N2O3.ClH/c1-15(2,14(18)20-4)13(16)11-8-17-12-6-5-9(19-3)7-10(11)12;/h5-8,13,17H,16H2,1-4H3;1H/t13-;/m0./s1. The number of fused-ring (bicyclic) bond motifs is 1. The summed E-state index contributed by atoms with van der Waals surface area (Å²) in [4.78, 5) is 15.1. The van der Waals surface area contributed by atoms with E-state index in [9.17, 15) is 4.79 Å². The minimum absolute atomic E-state index is 0. The van der Waals surface area contributed by atoms with Crippen molar-refractivity contribution in [1.29, 1.82) is 0 Å². The van der Waals surface area contributed by atoms with Crippen molar-refractivity contribution in [3.63, 3.8) is 0 Å². The Bertz CT molecular complexity index is 637. The van der Waals surface area contributed by atoms with Crippen molar-refractivity contribution in [2.75, 3.05) is 14.2 Å². The Morgan fingerprint density at radius 1 is 1.33 bits per heavy atom. The van der Waals surface area contributed by atoms with Gasteiger partial charge in [-0.25, -0.2) is 0 Å². The third kappa shape index (κ3) is 2.99. The van der Waals surface area contributed by atoms with E-state index in [1.807, 2.05) is 24.4 Å². The van der Waals surface area contributed by atoms with Gasteiger partial charge in [-0.3, -0.25) is 4.79 Å². The zero-order valence-electron chi connectivity index (χ0n) is 12.6. The van der Waals surface area contributed by atoms with Crippen molar-refractivity contribution in [3.05, 3.63) is 30.0 Å². The number of aromatic amines is 1. The van der Waals surface area contributed by atoms with Gasteiger partial charge in [0.1, 0.15) is 5.75 Å². The van der Waals surface area contributed by atoms with Crippen molar-refractivity contribution in [2.45, 2.75) is 19.9 Å². The van der Waals surface area contributed by atoms with Crippen LogP contribution >= 0.6 is 12.4 Å². The first kappa shape index (κ1) is 17.3. The maximum absolute atomic E-state index is 11.9. The lowest BCUT2D eigenvalue weighted by atomic mass is 9.81. The SMILES string of the molecule is COC(=O)C(C)(C)[C@@H](N)c1c[nH]c2ccc(OC)cc12.Cl. The predicted octanol–water partition coefficient (Wildman–Crippen LogP) is 2.80. The summed E-state index contributed by atoms with van der Waals surface area (Å²) in [6.07, 6.45) is 1.83. The molecule has 0 unspecified atom stereocenters. The number of aromatic nitrogens is 1. The number of hydrogen-bond donors (Lipinski definition) is 2. The average molecular weight is 313 g/mol. The zero-order valence-corrected chi connectivity index (χ0v) is 13.4. The van der Waals surface area contributed by atoms with E-state index in [0.717, 1.165) is 22.2 Å². The Morgan fingerprint density at radius 2 is 2.00 bits per heavy atom. The molecule has 0 fully saturated rings. The van der Waals surface area contributed by atoms with Crippen LogP contribution in [-0.4, -0.2) is 25.2 Å². The van der Waals surface area contributed by atoms with Crippen LogP contribution in [0.3, 0.4) is 0 Å². The molecule has 116 valence electrons. The number of methoxy groups -OCH3 is 2. The summed E-state index contributed by atoms with van der Waals surface area (Å²) in [5.74, 6) is 0.420. The largest absolute Gasteiger partial charge is 0.497 e. The van der Waals surface area contributed by atoms with Crippen molar-refractivity contribution in [3.8, 4) is 5.75 Å². The lowest BCUT2D eigenvalue weighted by Crippen LogP contribution is -2.37. The minimum Gasteiger partial charge on any atom is -0.497 e. The fourth-order valence-corrected chi connectivity index (χ4v) is 2.28. The van der Waals surface area contributed by atoms with Gasteiger partial charge in [0.2, 0.25) is 0 Å². The van der Waals surface area contributed by atoms with Gasteiger partial charge in [0.05, 0.1) is 19.6 Å². The fourth-order valence-electron chi connectivity index (χ4n) is 2.28. The molecule has 0 spiro atoms. The Labute approximate surface area is 130 Å². The summed E-state index contributed by atoms with van der Waals surface area (Å²) >= 11 is 0. The molecule has 0 amide bonds. The van der Waals surface area contributed by atoms with E-state index in [2.05, 4.69) is 4.98 Å². The van der Waals surface area contributed by atoms with Crippen LogP contribution in [0.2, 0.25) is 0 Å². The maximum atomic E-state index is 11.9. The highest BCUT2D eigenvalue weighted by Crippen LogP contribution is 2.36. The molecule has 3 N–H and O–H groups in total. The molecule has 0 bridgehead atoms. The van der Waals surface area contributed by atoms with Crippen LogP contribution in [-0.2, 0) is 9.53 Å². The maximum Gasteiger partial charge on any atom is 0.313 e. The molecule has 1 aromatic carbocycles. The van der Waals surface area contributed by atoms with Crippen LogP contribution in [0.25, 0.3) is 10.9 Å². The van der Waals surface area contributed by atoms with Gasteiger partial charge >= 0.3 is 5.97 Å². The van der Waals surface area contributed by atoms with Crippen molar-refractivity contribution in [1.82, 2.24) is 4.98 Å². The number of esters is 1. The Balaban J connectivity index is 0.00000220. The van der Waals surface area contributed by atoms with Gasteiger partial charge in [-0.2, -0.15) is 0 Å². The monoisotopic (exact) mass is 312 g/mol. The van der Waals surface area contributed by atoms with Crippen LogP contribution in [0.5, 0.6) is 5.75 Å². The number of rotatable bonds is 4. The van der Waals surface area contributed by atoms with Gasteiger partial charge in [0, 0.05) is 23.1 Å². The van der Waals surface area contributed by atoms with E-state index in [1.165, 1.54) is 7.11 Å². The molecule has 1 heterocycles. The molecule has 21 heavy (non-hydrogen) atoms. The summed E-state index contributed by atoms with van der Waals surface area (Å²) in [5.41, 5.74) is 7.30. The van der Waals surface area contributed by atoms with Crippen LogP contribution in [0.15, 0.2) is 24.4 Å². The van der Waals surface area contributed by atoms with Crippen molar-refractivity contribution >= 4 is 29.3 Å². The fraction of sp³-hybridized carbons (Fsp3) is 0.400. The smallest absolute Gasteiger partial charge is 0.313 e.